The van der Waals surface area contributed by atoms with Crippen molar-refractivity contribution in [3.05, 3.63) is 0 Å². The highest BCUT2D eigenvalue weighted by atomic mass is 31.2. The molecule has 0 aliphatic rings. The van der Waals surface area contributed by atoms with Crippen LogP contribution in [0.25, 0.3) is 0 Å². The summed E-state index contributed by atoms with van der Waals surface area (Å²) in [6.07, 6.45) is -0.766. The maximum Gasteiger partial charge on any atom is 0.469 e. The van der Waals surface area contributed by atoms with Crippen molar-refractivity contribution in [3.63, 3.8) is 0 Å². The summed E-state index contributed by atoms with van der Waals surface area (Å²) in [4.78, 5) is 16.9. The third kappa shape index (κ3) is 8.62. The average Bonchev–Trinajstić information content (AvgIpc) is 1.98. The zero-order valence-electron chi connectivity index (χ0n) is 8.54. The molecule has 0 rings (SSSR count). The maximum atomic E-state index is 10.4. The molecule has 0 heterocycles. The Labute approximate surface area is 83.4 Å². The molecule has 0 amide bonds. The zero-order chi connectivity index (χ0) is 11.2. The molecule has 6 nitrogen and oxygen atoms in total. The SMILES string of the molecule is COCC(C)OCC(C)OP(=O)(O)O. The predicted octanol–water partition coefficient (Wildman–Crippen LogP) is 0.536. The third-order valence-electron chi connectivity index (χ3n) is 1.33. The number of methoxy groups -OCH3 is 1. The van der Waals surface area contributed by atoms with Gasteiger partial charge in [-0.3, -0.25) is 4.52 Å². The molecule has 86 valence electrons. The van der Waals surface area contributed by atoms with Crippen molar-refractivity contribution in [2.24, 2.45) is 0 Å². The van der Waals surface area contributed by atoms with E-state index in [0.717, 1.165) is 0 Å². The summed E-state index contributed by atoms with van der Waals surface area (Å²) in [6.45, 7) is 3.88. The Morgan fingerprint density at radius 1 is 1.21 bits per heavy atom. The van der Waals surface area contributed by atoms with Gasteiger partial charge in [0.1, 0.15) is 0 Å². The molecule has 0 spiro atoms. The van der Waals surface area contributed by atoms with E-state index in [0.29, 0.717) is 6.61 Å². The highest BCUT2D eigenvalue weighted by Gasteiger charge is 2.19. The van der Waals surface area contributed by atoms with Crippen LogP contribution in [0.3, 0.4) is 0 Å². The van der Waals surface area contributed by atoms with Crippen LogP contribution >= 0.6 is 7.82 Å². The average molecular weight is 228 g/mol. The molecule has 2 atom stereocenters. The fourth-order valence-electron chi connectivity index (χ4n) is 0.847. The number of phosphoric acid groups is 1. The second-order valence-electron chi connectivity index (χ2n) is 3.01. The first-order chi connectivity index (χ1) is 6.35. The lowest BCUT2D eigenvalue weighted by molar-refractivity contribution is -0.0263. The molecule has 0 aromatic heterocycles. The molecule has 0 fully saturated rings. The first kappa shape index (κ1) is 14.0. The second-order valence-corrected chi connectivity index (χ2v) is 4.20. The standard InChI is InChI=1S/C7H17O6P/c1-6(4-11-3)12-5-7(2)13-14(8,9)10/h6-7H,4-5H2,1-3H3,(H2,8,9,10). The molecular weight excluding hydrogens is 211 g/mol. The van der Waals surface area contributed by atoms with E-state index in [1.165, 1.54) is 6.92 Å². The highest BCUT2D eigenvalue weighted by Crippen LogP contribution is 2.37. The van der Waals surface area contributed by atoms with Gasteiger partial charge in [-0.1, -0.05) is 0 Å². The quantitative estimate of drug-likeness (QED) is 0.618. The molecule has 0 saturated carbocycles. The fourth-order valence-corrected chi connectivity index (χ4v) is 1.38. The summed E-state index contributed by atoms with van der Waals surface area (Å²) in [5.74, 6) is 0. The van der Waals surface area contributed by atoms with Crippen molar-refractivity contribution in [2.45, 2.75) is 26.1 Å². The Kier molecular flexibility index (Phi) is 6.52. The lowest BCUT2D eigenvalue weighted by Gasteiger charge is -2.17. The topological polar surface area (TPSA) is 85.2 Å². The molecule has 2 N–H and O–H groups in total. The third-order valence-corrected chi connectivity index (χ3v) is 1.97. The summed E-state index contributed by atoms with van der Waals surface area (Å²) in [5, 5.41) is 0. The lowest BCUT2D eigenvalue weighted by atomic mass is 10.4. The van der Waals surface area contributed by atoms with Crippen LogP contribution in [0.15, 0.2) is 0 Å². The molecule has 14 heavy (non-hydrogen) atoms. The predicted molar refractivity (Wildman–Crippen MR) is 49.9 cm³/mol. The van der Waals surface area contributed by atoms with Gasteiger partial charge in [0.25, 0.3) is 0 Å². The maximum absolute atomic E-state index is 10.4. The van der Waals surface area contributed by atoms with E-state index < -0.39 is 13.9 Å². The van der Waals surface area contributed by atoms with E-state index in [-0.39, 0.29) is 12.7 Å². The number of ether oxygens (including phenoxy) is 2. The first-order valence-electron chi connectivity index (χ1n) is 4.19. The van der Waals surface area contributed by atoms with Gasteiger partial charge in [-0.05, 0) is 13.8 Å². The Morgan fingerprint density at radius 2 is 1.79 bits per heavy atom. The van der Waals surface area contributed by atoms with Crippen molar-refractivity contribution in [2.75, 3.05) is 20.3 Å². The van der Waals surface area contributed by atoms with Crippen LogP contribution in [0.1, 0.15) is 13.8 Å². The van der Waals surface area contributed by atoms with Gasteiger partial charge in [0.05, 0.1) is 25.4 Å². The Morgan fingerprint density at radius 3 is 2.21 bits per heavy atom. The van der Waals surface area contributed by atoms with Crippen molar-refractivity contribution >= 4 is 7.82 Å². The van der Waals surface area contributed by atoms with Gasteiger partial charge >= 0.3 is 7.82 Å². The first-order valence-corrected chi connectivity index (χ1v) is 5.72. The molecule has 0 aliphatic heterocycles. The van der Waals surface area contributed by atoms with E-state index in [9.17, 15) is 4.57 Å². The minimum Gasteiger partial charge on any atom is -0.382 e. The fraction of sp³-hybridized carbons (Fsp3) is 1.00. The van der Waals surface area contributed by atoms with Gasteiger partial charge in [0.15, 0.2) is 0 Å². The molecule has 7 heteroatoms. The van der Waals surface area contributed by atoms with E-state index in [1.807, 2.05) is 0 Å². The van der Waals surface area contributed by atoms with Crippen molar-refractivity contribution < 1.29 is 28.3 Å². The van der Waals surface area contributed by atoms with E-state index >= 15 is 0 Å². The largest absolute Gasteiger partial charge is 0.469 e. The van der Waals surface area contributed by atoms with Crippen LogP contribution < -0.4 is 0 Å². The molecule has 0 bridgehead atoms. The van der Waals surface area contributed by atoms with Crippen LogP contribution in [-0.4, -0.2) is 42.3 Å². The van der Waals surface area contributed by atoms with Gasteiger partial charge in [0.2, 0.25) is 0 Å². The summed E-state index contributed by atoms with van der Waals surface area (Å²) in [7, 11) is -2.86. The van der Waals surface area contributed by atoms with Crippen LogP contribution in [0, 0.1) is 0 Å². The minimum atomic E-state index is -4.41. The molecule has 0 saturated heterocycles. The van der Waals surface area contributed by atoms with Crippen LogP contribution in [0.4, 0.5) is 0 Å². The van der Waals surface area contributed by atoms with Gasteiger partial charge in [-0.15, -0.1) is 0 Å². The number of phosphoric ester groups is 1. The molecule has 0 aromatic rings. The van der Waals surface area contributed by atoms with Crippen molar-refractivity contribution in [1.29, 1.82) is 0 Å². The van der Waals surface area contributed by atoms with Gasteiger partial charge in [-0.2, -0.15) is 0 Å². The van der Waals surface area contributed by atoms with E-state index in [1.54, 1.807) is 14.0 Å². The molecule has 0 aliphatic carbocycles. The van der Waals surface area contributed by atoms with Crippen molar-refractivity contribution in [1.82, 2.24) is 0 Å². The molecular formula is C7H17O6P. The van der Waals surface area contributed by atoms with Crippen molar-refractivity contribution in [3.8, 4) is 0 Å². The van der Waals surface area contributed by atoms with Gasteiger partial charge < -0.3 is 19.3 Å². The number of rotatable bonds is 7. The monoisotopic (exact) mass is 228 g/mol. The molecule has 2 unspecified atom stereocenters. The minimum absolute atomic E-state index is 0.121. The summed E-state index contributed by atoms with van der Waals surface area (Å²) >= 11 is 0. The zero-order valence-corrected chi connectivity index (χ0v) is 9.44. The normalized spacial score (nSPS) is 16.6. The summed E-state index contributed by atoms with van der Waals surface area (Å²) in [6, 6.07) is 0. The molecule has 0 aromatic carbocycles. The smallest absolute Gasteiger partial charge is 0.382 e. The Bertz CT molecular complexity index is 191. The number of hydrogen-bond donors (Lipinski definition) is 2. The lowest BCUT2D eigenvalue weighted by Crippen LogP contribution is -2.22. The number of hydrogen-bond acceptors (Lipinski definition) is 4. The summed E-state index contributed by atoms with van der Waals surface area (Å²) in [5.41, 5.74) is 0. The summed E-state index contributed by atoms with van der Waals surface area (Å²) < 4.78 is 24.8. The Balaban J connectivity index is 3.63. The van der Waals surface area contributed by atoms with Crippen LogP contribution in [0.5, 0.6) is 0 Å². The highest BCUT2D eigenvalue weighted by molar-refractivity contribution is 7.46. The van der Waals surface area contributed by atoms with Crippen LogP contribution in [0.2, 0.25) is 0 Å². The van der Waals surface area contributed by atoms with Gasteiger partial charge in [0, 0.05) is 7.11 Å². The second kappa shape index (κ2) is 6.50. The molecule has 0 radical (unpaired) electrons. The van der Waals surface area contributed by atoms with Crippen LogP contribution in [-0.2, 0) is 18.6 Å². The Hall–Kier alpha value is 0.0300. The van der Waals surface area contributed by atoms with E-state index in [2.05, 4.69) is 4.52 Å². The van der Waals surface area contributed by atoms with E-state index in [4.69, 9.17) is 19.3 Å². The van der Waals surface area contributed by atoms with Gasteiger partial charge in [-0.25, -0.2) is 4.57 Å².